The van der Waals surface area contributed by atoms with E-state index in [0.717, 1.165) is 21.6 Å². The summed E-state index contributed by atoms with van der Waals surface area (Å²) in [6.07, 6.45) is 1.68. The van der Waals surface area contributed by atoms with E-state index >= 15 is 0 Å². The second-order valence-electron chi connectivity index (χ2n) is 5.69. The van der Waals surface area contributed by atoms with Crippen LogP contribution in [0.15, 0.2) is 34.6 Å². The lowest BCUT2D eigenvalue weighted by molar-refractivity contribution is 0.424. The van der Waals surface area contributed by atoms with Gasteiger partial charge in [0.25, 0.3) is 0 Å². The number of aromatic nitrogens is 3. The van der Waals surface area contributed by atoms with Crippen LogP contribution in [0.25, 0.3) is 0 Å². The minimum atomic E-state index is 0.0958. The molecule has 0 amide bonds. The maximum absolute atomic E-state index is 6.34. The highest BCUT2D eigenvalue weighted by molar-refractivity contribution is 7.99. The van der Waals surface area contributed by atoms with Crippen molar-refractivity contribution in [2.24, 2.45) is 7.05 Å². The molecule has 0 fully saturated rings. The fourth-order valence-electron chi connectivity index (χ4n) is 1.57. The van der Waals surface area contributed by atoms with E-state index in [0.29, 0.717) is 0 Å². The number of hydrogen-bond acceptors (Lipinski definition) is 4. The van der Waals surface area contributed by atoms with Crippen LogP contribution in [0.3, 0.4) is 0 Å². The molecule has 0 saturated carbocycles. The van der Waals surface area contributed by atoms with E-state index in [2.05, 4.69) is 42.4 Å². The molecule has 1 heterocycles. The second-order valence-corrected chi connectivity index (χ2v) is 7.11. The second kappa shape index (κ2) is 6.16. The van der Waals surface area contributed by atoms with Gasteiger partial charge in [-0.2, -0.15) is 0 Å². The summed E-state index contributed by atoms with van der Waals surface area (Å²) in [5.41, 5.74) is 1.27. The molecule has 0 bridgehead atoms. The number of halogens is 1. The van der Waals surface area contributed by atoms with Crippen LogP contribution in [-0.2, 0) is 13.6 Å². The molecule has 1 aromatic heterocycles. The third kappa shape index (κ3) is 4.23. The zero-order valence-corrected chi connectivity index (χ0v) is 13.7. The normalized spacial score (nSPS) is 11.8. The van der Waals surface area contributed by atoms with Gasteiger partial charge in [0, 0.05) is 24.0 Å². The Kier molecular flexibility index (Phi) is 4.73. The lowest BCUT2D eigenvalue weighted by Gasteiger charge is -2.20. The van der Waals surface area contributed by atoms with Gasteiger partial charge < -0.3 is 9.88 Å². The summed E-state index contributed by atoms with van der Waals surface area (Å²) in [7, 11) is 1.91. The van der Waals surface area contributed by atoms with Crippen molar-refractivity contribution in [3.63, 3.8) is 0 Å². The first-order valence-corrected chi connectivity index (χ1v) is 7.60. The summed E-state index contributed by atoms with van der Waals surface area (Å²) in [5.74, 6) is 0. The summed E-state index contributed by atoms with van der Waals surface area (Å²) in [5, 5.41) is 12.9. The van der Waals surface area contributed by atoms with Crippen molar-refractivity contribution < 1.29 is 0 Å². The van der Waals surface area contributed by atoms with Crippen LogP contribution in [0, 0.1) is 0 Å². The Morgan fingerprint density at radius 2 is 2.10 bits per heavy atom. The molecule has 0 saturated heterocycles. The Morgan fingerprint density at radius 3 is 2.65 bits per heavy atom. The van der Waals surface area contributed by atoms with Crippen LogP contribution < -0.4 is 5.32 Å². The van der Waals surface area contributed by atoms with E-state index in [1.54, 1.807) is 6.33 Å². The van der Waals surface area contributed by atoms with Gasteiger partial charge in [-0.05, 0) is 50.2 Å². The van der Waals surface area contributed by atoms with Gasteiger partial charge in [0.15, 0.2) is 5.16 Å². The molecule has 20 heavy (non-hydrogen) atoms. The fraction of sp³-hybridized carbons (Fsp3) is 0.429. The van der Waals surface area contributed by atoms with E-state index in [1.165, 1.54) is 17.3 Å². The highest BCUT2D eigenvalue weighted by atomic mass is 35.5. The highest BCUT2D eigenvalue weighted by Gasteiger charge is 2.11. The number of rotatable bonds is 4. The maximum Gasteiger partial charge on any atom is 0.195 e. The maximum atomic E-state index is 6.34. The zero-order valence-electron chi connectivity index (χ0n) is 12.1. The van der Waals surface area contributed by atoms with E-state index in [9.17, 15) is 0 Å². The summed E-state index contributed by atoms with van der Waals surface area (Å²) < 4.78 is 1.87. The summed E-state index contributed by atoms with van der Waals surface area (Å²) >= 11 is 7.86. The molecule has 1 aromatic carbocycles. The summed E-state index contributed by atoms with van der Waals surface area (Å²) in [6.45, 7) is 7.24. The van der Waals surface area contributed by atoms with Gasteiger partial charge in [0.1, 0.15) is 6.33 Å². The van der Waals surface area contributed by atoms with Crippen molar-refractivity contribution in [1.29, 1.82) is 0 Å². The fourth-order valence-corrected chi connectivity index (χ4v) is 2.65. The Hall–Kier alpha value is -1.04. The molecular weight excluding hydrogens is 292 g/mol. The monoisotopic (exact) mass is 310 g/mol. The van der Waals surface area contributed by atoms with E-state index in [1.807, 2.05) is 23.7 Å². The summed E-state index contributed by atoms with van der Waals surface area (Å²) in [6, 6.07) is 6.11. The Balaban J connectivity index is 2.08. The van der Waals surface area contributed by atoms with Crippen LogP contribution in [-0.4, -0.2) is 20.3 Å². The predicted molar refractivity (Wildman–Crippen MR) is 83.2 cm³/mol. The molecule has 0 spiro atoms. The van der Waals surface area contributed by atoms with Crippen LogP contribution in [0.5, 0.6) is 0 Å². The molecule has 0 atom stereocenters. The van der Waals surface area contributed by atoms with Gasteiger partial charge in [-0.15, -0.1) is 10.2 Å². The van der Waals surface area contributed by atoms with Crippen LogP contribution in [0.4, 0.5) is 0 Å². The van der Waals surface area contributed by atoms with Crippen molar-refractivity contribution in [1.82, 2.24) is 20.1 Å². The van der Waals surface area contributed by atoms with Gasteiger partial charge in [-0.3, -0.25) is 0 Å². The molecule has 1 N–H and O–H groups in total. The number of benzene rings is 1. The smallest absolute Gasteiger partial charge is 0.195 e. The molecule has 4 nitrogen and oxygen atoms in total. The van der Waals surface area contributed by atoms with Crippen molar-refractivity contribution in [3.8, 4) is 0 Å². The first-order valence-electron chi connectivity index (χ1n) is 6.40. The number of hydrogen-bond donors (Lipinski definition) is 1. The van der Waals surface area contributed by atoms with E-state index in [-0.39, 0.29) is 5.54 Å². The summed E-state index contributed by atoms with van der Waals surface area (Å²) in [4.78, 5) is 0.988. The quantitative estimate of drug-likeness (QED) is 0.938. The van der Waals surface area contributed by atoms with Crippen LogP contribution in [0.2, 0.25) is 5.02 Å². The number of nitrogens with zero attached hydrogens (tertiary/aromatic N) is 3. The molecule has 0 aliphatic rings. The molecule has 2 aromatic rings. The average molecular weight is 311 g/mol. The van der Waals surface area contributed by atoms with Crippen molar-refractivity contribution in [2.45, 2.75) is 42.9 Å². The van der Waals surface area contributed by atoms with Gasteiger partial charge in [0.2, 0.25) is 0 Å². The lowest BCUT2D eigenvalue weighted by atomic mass is 10.1. The standard InChI is InChI=1S/C14H19ClN4S/c1-14(2,3)16-8-10-5-6-12(11(15)7-10)20-13-18-17-9-19(13)4/h5-7,9,16H,8H2,1-4H3. The SMILES string of the molecule is Cn1cnnc1Sc1ccc(CNC(C)(C)C)cc1Cl. The van der Waals surface area contributed by atoms with Crippen molar-refractivity contribution >= 4 is 23.4 Å². The largest absolute Gasteiger partial charge is 0.311 e. The van der Waals surface area contributed by atoms with Crippen LogP contribution in [0.1, 0.15) is 26.3 Å². The van der Waals surface area contributed by atoms with Gasteiger partial charge in [-0.25, -0.2) is 0 Å². The van der Waals surface area contributed by atoms with Gasteiger partial charge >= 0.3 is 0 Å². The predicted octanol–water partition coefficient (Wildman–Crippen LogP) is 3.51. The molecule has 108 valence electrons. The topological polar surface area (TPSA) is 42.7 Å². The molecule has 0 aliphatic carbocycles. The molecule has 6 heteroatoms. The van der Waals surface area contributed by atoms with Gasteiger partial charge in [0.05, 0.1) is 5.02 Å². The highest BCUT2D eigenvalue weighted by Crippen LogP contribution is 2.32. The molecular formula is C14H19ClN4S. The Morgan fingerprint density at radius 1 is 1.35 bits per heavy atom. The van der Waals surface area contributed by atoms with Crippen molar-refractivity contribution in [3.05, 3.63) is 35.1 Å². The molecule has 0 unspecified atom stereocenters. The number of nitrogens with one attached hydrogen (secondary N) is 1. The minimum absolute atomic E-state index is 0.0958. The van der Waals surface area contributed by atoms with Crippen LogP contribution >= 0.6 is 23.4 Å². The molecule has 2 rings (SSSR count). The average Bonchev–Trinajstić information content (AvgIpc) is 2.75. The number of aryl methyl sites for hydroxylation is 1. The third-order valence-corrected chi connectivity index (χ3v) is 4.24. The van der Waals surface area contributed by atoms with E-state index in [4.69, 9.17) is 11.6 Å². The lowest BCUT2D eigenvalue weighted by Crippen LogP contribution is -2.35. The zero-order chi connectivity index (χ0) is 14.8. The molecule has 0 radical (unpaired) electrons. The van der Waals surface area contributed by atoms with E-state index < -0.39 is 0 Å². The first-order chi connectivity index (χ1) is 9.35. The first kappa shape index (κ1) is 15.4. The molecule has 0 aliphatic heterocycles. The Bertz CT molecular complexity index is 589. The minimum Gasteiger partial charge on any atom is -0.311 e. The van der Waals surface area contributed by atoms with Crippen molar-refractivity contribution in [2.75, 3.05) is 0 Å². The Labute approximate surface area is 128 Å². The third-order valence-electron chi connectivity index (χ3n) is 2.69. The van der Waals surface area contributed by atoms with Gasteiger partial charge in [-0.1, -0.05) is 17.7 Å².